The summed E-state index contributed by atoms with van der Waals surface area (Å²) in [5, 5.41) is 6.85. The molecule has 4 nitrogen and oxygen atoms in total. The minimum atomic E-state index is -0.740. The number of aromatic nitrogens is 3. The summed E-state index contributed by atoms with van der Waals surface area (Å²) >= 11 is 6.37. The second-order valence-corrected chi connectivity index (χ2v) is 10.3. The number of hydrogen-bond acceptors (Lipinski definition) is 3. The average molecular weight is 528 g/mol. The summed E-state index contributed by atoms with van der Waals surface area (Å²) in [6.45, 7) is 0. The van der Waals surface area contributed by atoms with Crippen molar-refractivity contribution >= 4 is 22.5 Å². The molecule has 1 aliphatic carbocycles. The fourth-order valence-electron chi connectivity index (χ4n) is 5.47. The van der Waals surface area contributed by atoms with Crippen molar-refractivity contribution in [3.63, 3.8) is 0 Å². The maximum absolute atomic E-state index is 6.37. The number of benzene rings is 4. The molecule has 0 amide bonds. The molecule has 0 bridgehead atoms. The van der Waals surface area contributed by atoms with Gasteiger partial charge in [0.1, 0.15) is 22.1 Å². The van der Waals surface area contributed by atoms with Crippen LogP contribution in [0.3, 0.4) is 0 Å². The van der Waals surface area contributed by atoms with E-state index in [-0.39, 0.29) is 0 Å². The van der Waals surface area contributed by atoms with Gasteiger partial charge in [0, 0.05) is 17.1 Å². The van der Waals surface area contributed by atoms with Gasteiger partial charge >= 0.3 is 0 Å². The van der Waals surface area contributed by atoms with Crippen molar-refractivity contribution in [3.05, 3.63) is 149 Å². The molecular formula is C34H26ClN3O. The average Bonchev–Trinajstić information content (AvgIpc) is 3.73. The van der Waals surface area contributed by atoms with E-state index in [1.54, 1.807) is 6.20 Å². The molecule has 0 radical (unpaired) electrons. The van der Waals surface area contributed by atoms with Crippen LogP contribution in [0.25, 0.3) is 22.2 Å². The molecule has 7 rings (SSSR count). The van der Waals surface area contributed by atoms with Gasteiger partial charge in [0.05, 0.1) is 11.6 Å². The van der Waals surface area contributed by atoms with E-state index in [4.69, 9.17) is 21.4 Å². The van der Waals surface area contributed by atoms with E-state index in [1.165, 1.54) is 0 Å². The summed E-state index contributed by atoms with van der Waals surface area (Å²) in [5.41, 5.74) is 5.35. The highest BCUT2D eigenvalue weighted by Crippen LogP contribution is 2.44. The van der Waals surface area contributed by atoms with Crippen molar-refractivity contribution in [1.82, 2.24) is 14.8 Å². The molecule has 1 aliphatic rings. The van der Waals surface area contributed by atoms with Gasteiger partial charge in [0.2, 0.25) is 0 Å². The summed E-state index contributed by atoms with van der Waals surface area (Å²) in [6, 6.07) is 41.9. The van der Waals surface area contributed by atoms with Gasteiger partial charge in [-0.1, -0.05) is 103 Å². The predicted molar refractivity (Wildman–Crippen MR) is 156 cm³/mol. The zero-order valence-electron chi connectivity index (χ0n) is 21.2. The first-order chi connectivity index (χ1) is 19.2. The second-order valence-electron chi connectivity index (χ2n) is 9.93. The molecule has 1 saturated carbocycles. The lowest BCUT2D eigenvalue weighted by Gasteiger charge is -2.37. The molecule has 0 atom stereocenters. The Morgan fingerprint density at radius 1 is 0.718 bits per heavy atom. The van der Waals surface area contributed by atoms with Crippen LogP contribution in [0.15, 0.2) is 128 Å². The summed E-state index contributed by atoms with van der Waals surface area (Å²) < 4.78 is 8.39. The minimum absolute atomic E-state index is 0.299. The third-order valence-corrected chi connectivity index (χ3v) is 7.58. The molecule has 0 unspecified atom stereocenters. The maximum atomic E-state index is 6.37. The summed E-state index contributed by atoms with van der Waals surface area (Å²) in [7, 11) is 0. The van der Waals surface area contributed by atoms with Gasteiger partial charge in [0.25, 0.3) is 0 Å². The van der Waals surface area contributed by atoms with Crippen LogP contribution < -0.4 is 4.74 Å². The molecule has 0 spiro atoms. The molecule has 190 valence electrons. The number of pyridine rings is 1. The van der Waals surface area contributed by atoms with Crippen molar-refractivity contribution < 1.29 is 4.74 Å². The van der Waals surface area contributed by atoms with E-state index in [1.807, 2.05) is 12.1 Å². The number of fused-ring (bicyclic) bond motifs is 1. The Morgan fingerprint density at radius 3 is 1.85 bits per heavy atom. The third kappa shape index (κ3) is 4.18. The molecule has 4 aromatic carbocycles. The largest absolute Gasteiger partial charge is 0.490 e. The minimum Gasteiger partial charge on any atom is -0.490 e. The number of ether oxygens (including phenoxy) is 1. The number of rotatable bonds is 7. The second kappa shape index (κ2) is 9.72. The highest BCUT2D eigenvalue weighted by molar-refractivity contribution is 6.29. The molecule has 5 heteroatoms. The van der Waals surface area contributed by atoms with Crippen molar-refractivity contribution in [2.45, 2.75) is 24.5 Å². The van der Waals surface area contributed by atoms with Crippen LogP contribution in [-0.2, 0) is 5.54 Å². The lowest BCUT2D eigenvalue weighted by Crippen LogP contribution is -2.38. The monoisotopic (exact) mass is 527 g/mol. The number of halogens is 1. The van der Waals surface area contributed by atoms with Gasteiger partial charge < -0.3 is 4.74 Å². The standard InChI is InChI=1S/C34H26ClN3O/c35-32-22-24(20-21-36-32)33-30-23-29(39-28-16-17-28)18-19-31(30)38(37-33)34(25-10-4-1-5-11-25,26-12-6-2-7-13-26)27-14-8-3-9-15-27/h1-15,18-23,28H,16-17H2. The molecule has 2 aromatic heterocycles. The molecular weight excluding hydrogens is 502 g/mol. The molecule has 0 saturated heterocycles. The lowest BCUT2D eigenvalue weighted by atomic mass is 9.77. The van der Waals surface area contributed by atoms with Crippen LogP contribution in [0.2, 0.25) is 5.15 Å². The Bertz CT molecular complexity index is 1650. The van der Waals surface area contributed by atoms with E-state index in [0.717, 1.165) is 57.4 Å². The van der Waals surface area contributed by atoms with Crippen LogP contribution >= 0.6 is 11.6 Å². The first-order valence-corrected chi connectivity index (χ1v) is 13.6. The smallest absolute Gasteiger partial charge is 0.138 e. The van der Waals surface area contributed by atoms with Crippen molar-refractivity contribution in [2.75, 3.05) is 0 Å². The topological polar surface area (TPSA) is 39.9 Å². The maximum Gasteiger partial charge on any atom is 0.138 e. The fourth-order valence-corrected chi connectivity index (χ4v) is 5.65. The van der Waals surface area contributed by atoms with Gasteiger partial charge in [-0.3, -0.25) is 0 Å². The Hall–Kier alpha value is -4.41. The van der Waals surface area contributed by atoms with Crippen molar-refractivity contribution in [1.29, 1.82) is 0 Å². The number of nitrogens with zero attached hydrogens (tertiary/aromatic N) is 3. The van der Waals surface area contributed by atoms with E-state index in [0.29, 0.717) is 11.3 Å². The molecule has 6 aromatic rings. The molecule has 0 aliphatic heterocycles. The summed E-state index contributed by atoms with van der Waals surface area (Å²) in [6.07, 6.45) is 4.23. The first-order valence-electron chi connectivity index (χ1n) is 13.2. The van der Waals surface area contributed by atoms with Crippen LogP contribution in [0.1, 0.15) is 29.5 Å². The quantitative estimate of drug-likeness (QED) is 0.155. The van der Waals surface area contributed by atoms with E-state index < -0.39 is 5.54 Å². The molecule has 39 heavy (non-hydrogen) atoms. The third-order valence-electron chi connectivity index (χ3n) is 7.37. The van der Waals surface area contributed by atoms with Gasteiger partial charge in [-0.15, -0.1) is 0 Å². The van der Waals surface area contributed by atoms with Crippen LogP contribution in [0, 0.1) is 0 Å². The van der Waals surface area contributed by atoms with Gasteiger partial charge in [-0.2, -0.15) is 5.10 Å². The normalized spacial score (nSPS) is 13.5. The van der Waals surface area contributed by atoms with E-state index >= 15 is 0 Å². The molecule has 1 fully saturated rings. The Labute approximate surface area is 232 Å². The van der Waals surface area contributed by atoms with Gasteiger partial charge in [0.15, 0.2) is 0 Å². The van der Waals surface area contributed by atoms with Crippen LogP contribution in [0.5, 0.6) is 5.75 Å². The highest BCUT2D eigenvalue weighted by Gasteiger charge is 2.41. The predicted octanol–water partition coefficient (Wildman–Crippen LogP) is 8.13. The van der Waals surface area contributed by atoms with Gasteiger partial charge in [-0.25, -0.2) is 9.67 Å². The highest BCUT2D eigenvalue weighted by atomic mass is 35.5. The van der Waals surface area contributed by atoms with E-state index in [2.05, 4.69) is 119 Å². The van der Waals surface area contributed by atoms with Crippen molar-refractivity contribution in [3.8, 4) is 17.0 Å². The Kier molecular flexibility index (Phi) is 5.90. The molecule has 0 N–H and O–H groups in total. The number of hydrogen-bond donors (Lipinski definition) is 0. The lowest BCUT2D eigenvalue weighted by molar-refractivity contribution is 0.303. The van der Waals surface area contributed by atoms with Crippen LogP contribution in [-0.4, -0.2) is 20.9 Å². The van der Waals surface area contributed by atoms with Gasteiger partial charge in [-0.05, 0) is 59.9 Å². The summed E-state index contributed by atoms with van der Waals surface area (Å²) in [4.78, 5) is 4.22. The molecule has 2 heterocycles. The zero-order chi connectivity index (χ0) is 26.2. The Balaban J connectivity index is 1.60. The van der Waals surface area contributed by atoms with Crippen LogP contribution in [0.4, 0.5) is 0 Å². The van der Waals surface area contributed by atoms with E-state index in [9.17, 15) is 0 Å². The fraction of sp³-hybridized carbons (Fsp3) is 0.118. The SMILES string of the molecule is Clc1cc(-c2nn(C(c3ccccc3)(c3ccccc3)c3ccccc3)c3ccc(OC4CC4)cc23)ccn1. The van der Waals surface area contributed by atoms with Crippen molar-refractivity contribution in [2.24, 2.45) is 0 Å². The first kappa shape index (κ1) is 23.7. The zero-order valence-corrected chi connectivity index (χ0v) is 22.0. The summed E-state index contributed by atoms with van der Waals surface area (Å²) in [5.74, 6) is 0.857. The Morgan fingerprint density at radius 2 is 1.31 bits per heavy atom.